The molecule has 1 aliphatic carbocycles. The molecule has 0 radical (unpaired) electrons. The minimum absolute atomic E-state index is 0.0633. The Morgan fingerprint density at radius 1 is 1.62 bits per heavy atom. The Kier molecular flexibility index (Phi) is 3.29. The van der Waals surface area contributed by atoms with Crippen LogP contribution >= 0.6 is 0 Å². The van der Waals surface area contributed by atoms with Crippen molar-refractivity contribution in [3.63, 3.8) is 0 Å². The third-order valence-electron chi connectivity index (χ3n) is 2.48. The smallest absolute Gasteiger partial charge is 0.247 e. The van der Waals surface area contributed by atoms with Crippen LogP contribution in [0.15, 0.2) is 23.8 Å². The Balaban J connectivity index is 2.57. The van der Waals surface area contributed by atoms with Crippen molar-refractivity contribution >= 4 is 5.91 Å². The maximum Gasteiger partial charge on any atom is 0.247 e. The Morgan fingerprint density at radius 3 is 2.77 bits per heavy atom. The summed E-state index contributed by atoms with van der Waals surface area (Å²) in [5.74, 6) is 0.0856. The topological polar surface area (TPSA) is 29.1 Å². The number of rotatable bonds is 3. The summed E-state index contributed by atoms with van der Waals surface area (Å²) in [4.78, 5) is 11.6. The highest BCUT2D eigenvalue weighted by Gasteiger charge is 2.18. The van der Waals surface area contributed by atoms with Gasteiger partial charge in [-0.1, -0.05) is 11.6 Å². The van der Waals surface area contributed by atoms with E-state index in [1.807, 2.05) is 13.8 Å². The molecule has 72 valence electrons. The summed E-state index contributed by atoms with van der Waals surface area (Å²) >= 11 is 0. The monoisotopic (exact) mass is 179 g/mol. The van der Waals surface area contributed by atoms with E-state index in [1.165, 1.54) is 5.57 Å². The highest BCUT2D eigenvalue weighted by Crippen LogP contribution is 2.25. The summed E-state index contributed by atoms with van der Waals surface area (Å²) in [5, 5.41) is 2.89. The number of hydrogen-bond acceptors (Lipinski definition) is 1. The normalized spacial score (nSPS) is 18.6. The number of amides is 1. The molecule has 0 aliphatic heterocycles. The SMILES string of the molecule is C=CC(C)NC(=O)C1=C(C)CCC1. The van der Waals surface area contributed by atoms with E-state index in [1.54, 1.807) is 6.08 Å². The molecule has 0 aromatic carbocycles. The average molecular weight is 179 g/mol. The fourth-order valence-corrected chi connectivity index (χ4v) is 1.55. The molecule has 1 amide bonds. The van der Waals surface area contributed by atoms with Gasteiger partial charge in [-0.3, -0.25) is 4.79 Å². The second kappa shape index (κ2) is 4.26. The van der Waals surface area contributed by atoms with Crippen LogP contribution in [0.1, 0.15) is 33.1 Å². The van der Waals surface area contributed by atoms with Crippen molar-refractivity contribution in [2.75, 3.05) is 0 Å². The van der Waals surface area contributed by atoms with Gasteiger partial charge in [0.1, 0.15) is 0 Å². The van der Waals surface area contributed by atoms with Gasteiger partial charge in [0, 0.05) is 11.6 Å². The van der Waals surface area contributed by atoms with Crippen LogP contribution in [-0.2, 0) is 4.79 Å². The number of carbonyl (C=O) groups excluding carboxylic acids is 1. The van der Waals surface area contributed by atoms with Gasteiger partial charge in [0.05, 0.1) is 0 Å². The first-order valence-electron chi connectivity index (χ1n) is 4.77. The van der Waals surface area contributed by atoms with Crippen molar-refractivity contribution in [3.8, 4) is 0 Å². The van der Waals surface area contributed by atoms with Crippen LogP contribution in [0.4, 0.5) is 0 Å². The maximum atomic E-state index is 11.6. The van der Waals surface area contributed by atoms with Gasteiger partial charge in [0.15, 0.2) is 0 Å². The fraction of sp³-hybridized carbons (Fsp3) is 0.545. The molecule has 13 heavy (non-hydrogen) atoms. The predicted octanol–water partition coefficient (Wildman–Crippen LogP) is 2.18. The first kappa shape index (κ1) is 10.0. The molecule has 0 saturated carbocycles. The Labute approximate surface area is 79.7 Å². The van der Waals surface area contributed by atoms with Gasteiger partial charge in [0.2, 0.25) is 5.91 Å². The summed E-state index contributed by atoms with van der Waals surface area (Å²) in [6, 6.07) is 0.0633. The van der Waals surface area contributed by atoms with E-state index in [0.29, 0.717) is 0 Å². The Morgan fingerprint density at radius 2 is 2.31 bits per heavy atom. The Hall–Kier alpha value is -1.05. The third kappa shape index (κ3) is 2.44. The molecule has 0 spiro atoms. The lowest BCUT2D eigenvalue weighted by molar-refractivity contribution is -0.117. The standard InChI is InChI=1S/C11H17NO/c1-4-9(3)12-11(13)10-7-5-6-8(10)2/h4,9H,1,5-7H2,2-3H3,(H,12,13). The molecular formula is C11H17NO. The van der Waals surface area contributed by atoms with Crippen molar-refractivity contribution in [3.05, 3.63) is 23.8 Å². The quantitative estimate of drug-likeness (QED) is 0.661. The molecule has 2 nitrogen and oxygen atoms in total. The van der Waals surface area contributed by atoms with Crippen molar-refractivity contribution < 1.29 is 4.79 Å². The highest BCUT2D eigenvalue weighted by molar-refractivity contribution is 5.94. The highest BCUT2D eigenvalue weighted by atomic mass is 16.1. The van der Waals surface area contributed by atoms with E-state index < -0.39 is 0 Å². The number of allylic oxidation sites excluding steroid dienone is 1. The van der Waals surface area contributed by atoms with Crippen molar-refractivity contribution in [1.82, 2.24) is 5.32 Å². The summed E-state index contributed by atoms with van der Waals surface area (Å²) in [6.07, 6.45) is 4.87. The molecule has 0 heterocycles. The zero-order chi connectivity index (χ0) is 9.84. The van der Waals surface area contributed by atoms with Gasteiger partial charge in [0.25, 0.3) is 0 Å². The van der Waals surface area contributed by atoms with Gasteiger partial charge in [-0.15, -0.1) is 6.58 Å². The van der Waals surface area contributed by atoms with E-state index >= 15 is 0 Å². The lowest BCUT2D eigenvalue weighted by Crippen LogP contribution is -2.31. The van der Waals surface area contributed by atoms with Crippen LogP contribution < -0.4 is 5.32 Å². The maximum absolute atomic E-state index is 11.6. The first-order chi connectivity index (χ1) is 6.15. The molecule has 1 rings (SSSR count). The molecular weight excluding hydrogens is 162 g/mol. The molecule has 1 N–H and O–H groups in total. The minimum atomic E-state index is 0.0633. The van der Waals surface area contributed by atoms with Gasteiger partial charge in [-0.2, -0.15) is 0 Å². The largest absolute Gasteiger partial charge is 0.346 e. The van der Waals surface area contributed by atoms with Crippen LogP contribution in [0.5, 0.6) is 0 Å². The first-order valence-corrected chi connectivity index (χ1v) is 4.77. The van der Waals surface area contributed by atoms with Crippen LogP contribution in [0, 0.1) is 0 Å². The van der Waals surface area contributed by atoms with E-state index in [4.69, 9.17) is 0 Å². The minimum Gasteiger partial charge on any atom is -0.346 e. The summed E-state index contributed by atoms with van der Waals surface area (Å²) in [7, 11) is 0. The molecule has 0 bridgehead atoms. The molecule has 1 atom stereocenters. The second-order valence-electron chi connectivity index (χ2n) is 3.61. The number of nitrogens with one attached hydrogen (secondary N) is 1. The van der Waals surface area contributed by atoms with Gasteiger partial charge in [-0.05, 0) is 33.1 Å². The van der Waals surface area contributed by atoms with Crippen molar-refractivity contribution in [1.29, 1.82) is 0 Å². The van der Waals surface area contributed by atoms with E-state index in [9.17, 15) is 4.79 Å². The lowest BCUT2D eigenvalue weighted by Gasteiger charge is -2.10. The zero-order valence-electron chi connectivity index (χ0n) is 8.39. The molecule has 0 aromatic rings. The van der Waals surface area contributed by atoms with Crippen LogP contribution in [0.3, 0.4) is 0 Å². The van der Waals surface area contributed by atoms with Gasteiger partial charge in [-0.25, -0.2) is 0 Å². The van der Waals surface area contributed by atoms with Crippen molar-refractivity contribution in [2.45, 2.75) is 39.2 Å². The number of carbonyl (C=O) groups is 1. The zero-order valence-corrected chi connectivity index (χ0v) is 8.39. The van der Waals surface area contributed by atoms with Crippen LogP contribution in [0.25, 0.3) is 0 Å². The second-order valence-corrected chi connectivity index (χ2v) is 3.61. The van der Waals surface area contributed by atoms with Crippen molar-refractivity contribution in [2.24, 2.45) is 0 Å². The van der Waals surface area contributed by atoms with E-state index in [2.05, 4.69) is 11.9 Å². The van der Waals surface area contributed by atoms with Crippen LogP contribution in [0.2, 0.25) is 0 Å². The van der Waals surface area contributed by atoms with Gasteiger partial charge < -0.3 is 5.32 Å². The average Bonchev–Trinajstić information content (AvgIpc) is 2.51. The summed E-state index contributed by atoms with van der Waals surface area (Å²) in [6.45, 7) is 7.60. The lowest BCUT2D eigenvalue weighted by atomic mass is 10.1. The molecule has 0 saturated heterocycles. The van der Waals surface area contributed by atoms with E-state index in [0.717, 1.165) is 24.8 Å². The van der Waals surface area contributed by atoms with Gasteiger partial charge >= 0.3 is 0 Å². The van der Waals surface area contributed by atoms with E-state index in [-0.39, 0.29) is 11.9 Å². The third-order valence-corrected chi connectivity index (χ3v) is 2.48. The van der Waals surface area contributed by atoms with Crippen LogP contribution in [-0.4, -0.2) is 11.9 Å². The molecule has 1 aliphatic rings. The molecule has 0 fully saturated rings. The number of hydrogen-bond donors (Lipinski definition) is 1. The molecule has 1 unspecified atom stereocenters. The Bertz CT molecular complexity index is 253. The predicted molar refractivity (Wildman–Crippen MR) is 54.4 cm³/mol. The summed E-state index contributed by atoms with van der Waals surface area (Å²) in [5.41, 5.74) is 2.22. The fourth-order valence-electron chi connectivity index (χ4n) is 1.55. The summed E-state index contributed by atoms with van der Waals surface area (Å²) < 4.78 is 0. The molecule has 0 aromatic heterocycles. The molecule has 2 heteroatoms.